The number of nitrogens with zero attached hydrogens (tertiary/aromatic N) is 1. The van der Waals surface area contributed by atoms with E-state index in [1.807, 2.05) is 12.1 Å². The summed E-state index contributed by atoms with van der Waals surface area (Å²) in [4.78, 5) is 16.6. The summed E-state index contributed by atoms with van der Waals surface area (Å²) in [6, 6.07) is 5.50. The topological polar surface area (TPSA) is 68.0 Å². The van der Waals surface area contributed by atoms with E-state index in [-0.39, 0.29) is 5.91 Å². The minimum absolute atomic E-state index is 0.0330. The molecule has 0 bridgehead atoms. The molecule has 0 atom stereocenters. The van der Waals surface area contributed by atoms with Crippen molar-refractivity contribution in [3.8, 4) is 0 Å². The standard InChI is InChI=1S/C14H21N3O/c15-11-14(8-4-1-2-5-9-14)13(18)17-12-7-3-6-10-16-12/h3,6-7,10H,1-2,4-5,8-9,11,15H2,(H,16,17,18). The highest BCUT2D eigenvalue weighted by molar-refractivity contribution is 5.94. The molecule has 1 heterocycles. The Hall–Kier alpha value is -1.42. The van der Waals surface area contributed by atoms with E-state index < -0.39 is 5.41 Å². The Morgan fingerprint density at radius 3 is 2.56 bits per heavy atom. The number of carbonyl (C=O) groups is 1. The Balaban J connectivity index is 2.09. The Bertz CT molecular complexity index is 383. The predicted molar refractivity (Wildman–Crippen MR) is 72.1 cm³/mol. The molecule has 0 aromatic carbocycles. The largest absolute Gasteiger partial charge is 0.329 e. The smallest absolute Gasteiger partial charge is 0.233 e. The maximum atomic E-state index is 12.4. The van der Waals surface area contributed by atoms with Crippen molar-refractivity contribution in [2.45, 2.75) is 38.5 Å². The molecule has 1 amide bonds. The molecular formula is C14H21N3O. The number of anilines is 1. The summed E-state index contributed by atoms with van der Waals surface area (Å²) in [6.45, 7) is 0.422. The van der Waals surface area contributed by atoms with E-state index in [1.54, 1.807) is 12.3 Å². The summed E-state index contributed by atoms with van der Waals surface area (Å²) in [5.74, 6) is 0.644. The molecule has 4 nitrogen and oxygen atoms in total. The van der Waals surface area contributed by atoms with Crippen LogP contribution in [0.1, 0.15) is 38.5 Å². The first kappa shape index (κ1) is 13.0. The first-order valence-corrected chi connectivity index (χ1v) is 6.69. The number of nitrogens with one attached hydrogen (secondary N) is 1. The maximum Gasteiger partial charge on any atom is 0.233 e. The van der Waals surface area contributed by atoms with E-state index >= 15 is 0 Å². The van der Waals surface area contributed by atoms with Crippen molar-refractivity contribution in [3.63, 3.8) is 0 Å². The molecule has 0 radical (unpaired) electrons. The molecule has 98 valence electrons. The molecular weight excluding hydrogens is 226 g/mol. The van der Waals surface area contributed by atoms with Gasteiger partial charge in [0, 0.05) is 12.7 Å². The third kappa shape index (κ3) is 2.88. The molecule has 18 heavy (non-hydrogen) atoms. The molecule has 1 aromatic rings. The van der Waals surface area contributed by atoms with E-state index in [1.165, 1.54) is 12.8 Å². The zero-order valence-corrected chi connectivity index (χ0v) is 10.7. The van der Waals surface area contributed by atoms with Crippen molar-refractivity contribution in [2.75, 3.05) is 11.9 Å². The molecule has 0 aliphatic heterocycles. The van der Waals surface area contributed by atoms with Crippen LogP contribution in [0.25, 0.3) is 0 Å². The zero-order chi connectivity index (χ0) is 12.8. The van der Waals surface area contributed by atoms with Crippen LogP contribution in [0.2, 0.25) is 0 Å². The second kappa shape index (κ2) is 5.96. The normalized spacial score (nSPS) is 18.9. The predicted octanol–water partition coefficient (Wildman–Crippen LogP) is 2.32. The first-order chi connectivity index (χ1) is 8.77. The van der Waals surface area contributed by atoms with E-state index in [0.29, 0.717) is 12.4 Å². The second-order valence-electron chi connectivity index (χ2n) is 5.07. The van der Waals surface area contributed by atoms with Crippen LogP contribution < -0.4 is 11.1 Å². The van der Waals surface area contributed by atoms with Gasteiger partial charge in [0.15, 0.2) is 0 Å². The van der Waals surface area contributed by atoms with E-state index in [4.69, 9.17) is 5.73 Å². The highest BCUT2D eigenvalue weighted by Gasteiger charge is 2.37. The van der Waals surface area contributed by atoms with Crippen molar-refractivity contribution in [3.05, 3.63) is 24.4 Å². The molecule has 0 spiro atoms. The molecule has 2 rings (SSSR count). The molecule has 4 heteroatoms. The van der Waals surface area contributed by atoms with Gasteiger partial charge in [0.05, 0.1) is 5.41 Å². The number of hydrogen-bond donors (Lipinski definition) is 2. The van der Waals surface area contributed by atoms with Crippen LogP contribution in [0.3, 0.4) is 0 Å². The quantitative estimate of drug-likeness (QED) is 0.805. The molecule has 1 fully saturated rings. The van der Waals surface area contributed by atoms with Gasteiger partial charge in [-0.25, -0.2) is 4.98 Å². The third-order valence-corrected chi connectivity index (χ3v) is 3.84. The van der Waals surface area contributed by atoms with Gasteiger partial charge < -0.3 is 11.1 Å². The zero-order valence-electron chi connectivity index (χ0n) is 10.7. The highest BCUT2D eigenvalue weighted by atomic mass is 16.2. The Morgan fingerprint density at radius 1 is 1.28 bits per heavy atom. The number of carbonyl (C=O) groups excluding carboxylic acids is 1. The lowest BCUT2D eigenvalue weighted by molar-refractivity contribution is -0.125. The Morgan fingerprint density at radius 2 is 2.00 bits per heavy atom. The number of nitrogens with two attached hydrogens (primary N) is 1. The molecule has 0 saturated heterocycles. The fraction of sp³-hybridized carbons (Fsp3) is 0.571. The van der Waals surface area contributed by atoms with Crippen molar-refractivity contribution < 1.29 is 4.79 Å². The Labute approximate surface area is 108 Å². The number of rotatable bonds is 3. The summed E-state index contributed by atoms with van der Waals surface area (Å²) in [5.41, 5.74) is 5.49. The maximum absolute atomic E-state index is 12.4. The molecule has 1 saturated carbocycles. The van der Waals surface area contributed by atoms with Gasteiger partial charge in [0.2, 0.25) is 5.91 Å². The van der Waals surface area contributed by atoms with Gasteiger partial charge in [-0.2, -0.15) is 0 Å². The van der Waals surface area contributed by atoms with Crippen LogP contribution in [0.15, 0.2) is 24.4 Å². The van der Waals surface area contributed by atoms with Crippen LogP contribution in [0.4, 0.5) is 5.82 Å². The number of amides is 1. The van der Waals surface area contributed by atoms with Crippen LogP contribution in [0, 0.1) is 5.41 Å². The van der Waals surface area contributed by atoms with Crippen LogP contribution in [-0.2, 0) is 4.79 Å². The Kier molecular flexibility index (Phi) is 4.31. The minimum Gasteiger partial charge on any atom is -0.329 e. The van der Waals surface area contributed by atoms with E-state index in [2.05, 4.69) is 10.3 Å². The summed E-state index contributed by atoms with van der Waals surface area (Å²) in [6.07, 6.45) is 8.05. The van der Waals surface area contributed by atoms with Crippen LogP contribution in [0.5, 0.6) is 0 Å². The highest BCUT2D eigenvalue weighted by Crippen LogP contribution is 2.35. The fourth-order valence-corrected chi connectivity index (χ4v) is 2.61. The SMILES string of the molecule is NCC1(C(=O)Nc2ccccn2)CCCCCC1. The number of hydrogen-bond acceptors (Lipinski definition) is 3. The summed E-state index contributed by atoms with van der Waals surface area (Å²) >= 11 is 0. The second-order valence-corrected chi connectivity index (χ2v) is 5.07. The van der Waals surface area contributed by atoms with Crippen molar-refractivity contribution in [1.29, 1.82) is 0 Å². The third-order valence-electron chi connectivity index (χ3n) is 3.84. The van der Waals surface area contributed by atoms with Gasteiger partial charge in [-0.15, -0.1) is 0 Å². The molecule has 3 N–H and O–H groups in total. The molecule has 1 aliphatic rings. The van der Waals surface area contributed by atoms with Gasteiger partial charge >= 0.3 is 0 Å². The van der Waals surface area contributed by atoms with Crippen molar-refractivity contribution in [2.24, 2.45) is 11.1 Å². The summed E-state index contributed by atoms with van der Waals surface area (Å²) in [7, 11) is 0. The molecule has 1 aliphatic carbocycles. The minimum atomic E-state index is -0.395. The molecule has 0 unspecified atom stereocenters. The average molecular weight is 247 g/mol. The lowest BCUT2D eigenvalue weighted by Gasteiger charge is -2.29. The van der Waals surface area contributed by atoms with Crippen molar-refractivity contribution in [1.82, 2.24) is 4.98 Å². The first-order valence-electron chi connectivity index (χ1n) is 6.69. The fourth-order valence-electron chi connectivity index (χ4n) is 2.61. The average Bonchev–Trinajstić information content (AvgIpc) is 2.66. The van der Waals surface area contributed by atoms with Gasteiger partial charge in [-0.1, -0.05) is 31.7 Å². The van der Waals surface area contributed by atoms with Gasteiger partial charge in [0.25, 0.3) is 0 Å². The lowest BCUT2D eigenvalue weighted by atomic mass is 9.79. The number of pyridine rings is 1. The van der Waals surface area contributed by atoms with Crippen molar-refractivity contribution >= 4 is 11.7 Å². The van der Waals surface area contributed by atoms with Gasteiger partial charge in [0.1, 0.15) is 5.82 Å². The van der Waals surface area contributed by atoms with Crippen LogP contribution >= 0.6 is 0 Å². The number of aromatic nitrogens is 1. The molecule has 1 aromatic heterocycles. The van der Waals surface area contributed by atoms with E-state index in [9.17, 15) is 4.79 Å². The van der Waals surface area contributed by atoms with E-state index in [0.717, 1.165) is 25.7 Å². The summed E-state index contributed by atoms with van der Waals surface area (Å²) < 4.78 is 0. The van der Waals surface area contributed by atoms with Gasteiger partial charge in [-0.3, -0.25) is 4.79 Å². The summed E-state index contributed by atoms with van der Waals surface area (Å²) in [5, 5.41) is 2.90. The van der Waals surface area contributed by atoms with Gasteiger partial charge in [-0.05, 0) is 25.0 Å². The van der Waals surface area contributed by atoms with Crippen LogP contribution in [-0.4, -0.2) is 17.4 Å². The monoisotopic (exact) mass is 247 g/mol. The lowest BCUT2D eigenvalue weighted by Crippen LogP contribution is -2.42.